The topological polar surface area (TPSA) is 48.6 Å². The van der Waals surface area contributed by atoms with Crippen LogP contribution in [-0.2, 0) is 53.1 Å². The number of nitrogens with zero attached hydrogens (tertiary/aromatic N) is 8. The molecule has 0 N–H and O–H groups in total. The SMILES string of the molecule is CC(C)c1cc(C(C)C)c(-n2ccnc2-c2[c-]cccc2)c(C(C)C)c1.CC(C)c1cc(C(C)C)c(-n2ccnc2-c2[c-]cccc2)c(C(C)C)c1.CN1C=CN(c2[c-]ccc3c2CCC3)[CH-]1.Cc1[c-]c(N2C=CN(C)[CH-]2)cc(C)c1.[Ir+3].[Ir+3]. The largest absolute Gasteiger partial charge is 3.00 e. The second-order valence-corrected chi connectivity index (χ2v) is 23.7. The van der Waals surface area contributed by atoms with Crippen molar-refractivity contribution in [3.63, 3.8) is 0 Å². The second kappa shape index (κ2) is 30.0. The molecule has 0 unspecified atom stereocenters. The van der Waals surface area contributed by atoms with E-state index in [1.54, 1.807) is 0 Å². The molecule has 0 atom stereocenters. The van der Waals surface area contributed by atoms with Gasteiger partial charge in [0.2, 0.25) is 0 Å². The first kappa shape index (κ1) is 65.9. The molecule has 436 valence electrons. The van der Waals surface area contributed by atoms with E-state index >= 15 is 0 Å². The van der Waals surface area contributed by atoms with Gasteiger partial charge in [0.05, 0.1) is 11.6 Å². The van der Waals surface area contributed by atoms with Crippen LogP contribution < -0.4 is 9.80 Å². The van der Waals surface area contributed by atoms with Crippen molar-refractivity contribution in [1.82, 2.24) is 28.9 Å². The molecule has 0 radical (unpaired) electrons. The van der Waals surface area contributed by atoms with Gasteiger partial charge in [-0.15, -0.1) is 94.8 Å². The zero-order chi connectivity index (χ0) is 58.1. The number of imidazole rings is 2. The van der Waals surface area contributed by atoms with Gasteiger partial charge in [-0.1, -0.05) is 140 Å². The Morgan fingerprint density at radius 2 is 0.952 bits per heavy atom. The van der Waals surface area contributed by atoms with E-state index in [0.717, 1.165) is 28.5 Å². The molecular formula is C73H86Ir2N8. The molecule has 83 heavy (non-hydrogen) atoms. The van der Waals surface area contributed by atoms with E-state index in [0.29, 0.717) is 35.5 Å². The van der Waals surface area contributed by atoms with Gasteiger partial charge in [0, 0.05) is 36.2 Å². The van der Waals surface area contributed by atoms with Crippen molar-refractivity contribution >= 4 is 11.4 Å². The van der Waals surface area contributed by atoms with Crippen LogP contribution in [0.3, 0.4) is 0 Å². The predicted molar refractivity (Wildman–Crippen MR) is 340 cm³/mol. The fraction of sp³-hybridized carbons (Fsp3) is 0.342. The first-order valence-electron chi connectivity index (χ1n) is 29.3. The van der Waals surface area contributed by atoms with Crippen LogP contribution in [0.5, 0.6) is 0 Å². The molecule has 0 saturated heterocycles. The predicted octanol–water partition coefficient (Wildman–Crippen LogP) is 18.2. The van der Waals surface area contributed by atoms with E-state index in [9.17, 15) is 0 Å². The Kier molecular flexibility index (Phi) is 23.8. The minimum absolute atomic E-state index is 0. The number of anilines is 2. The number of aromatic nitrogens is 4. The van der Waals surface area contributed by atoms with Crippen LogP contribution >= 0.6 is 0 Å². The van der Waals surface area contributed by atoms with Crippen molar-refractivity contribution in [3.05, 3.63) is 240 Å². The smallest absolute Gasteiger partial charge is 0.510 e. The van der Waals surface area contributed by atoms with E-state index in [-0.39, 0.29) is 40.2 Å². The van der Waals surface area contributed by atoms with E-state index in [1.807, 2.05) is 92.9 Å². The molecule has 0 amide bonds. The summed E-state index contributed by atoms with van der Waals surface area (Å²) in [5, 5.41) is 0. The summed E-state index contributed by atoms with van der Waals surface area (Å²) < 4.78 is 4.50. The number of hydrogen-bond donors (Lipinski definition) is 0. The number of hydrogen-bond acceptors (Lipinski definition) is 6. The van der Waals surface area contributed by atoms with Gasteiger partial charge in [-0.05, 0) is 108 Å². The molecule has 4 heterocycles. The molecule has 10 heteroatoms. The summed E-state index contributed by atoms with van der Waals surface area (Å²) in [4.78, 5) is 17.6. The van der Waals surface area contributed by atoms with Crippen molar-refractivity contribution in [1.29, 1.82) is 0 Å². The van der Waals surface area contributed by atoms with Gasteiger partial charge < -0.3 is 28.7 Å². The first-order chi connectivity index (χ1) is 38.8. The van der Waals surface area contributed by atoms with Crippen molar-refractivity contribution in [3.8, 4) is 34.2 Å². The standard InChI is InChI=1S/2C24H29N2.C13H14N2.C12H14N2.2Ir/c2*1-16(2)20-14-21(17(3)4)23(22(15-20)18(5)6)26-13-12-25-24(26)19-10-8-7-9-11-19;1-14-8-9-15(10-14)13-7-3-5-11-4-2-6-12(11)13;1-10-6-11(2)8-12(7-10)14-5-4-13(3)9-14;;/h2*7-10,12-18H,1-6H3;3,5,8-10H,2,4,6H2,1H3;4-7,9H,1-3H3;;/q2*-1;2*-2;2*+3. The van der Waals surface area contributed by atoms with Crippen LogP contribution in [0.4, 0.5) is 11.4 Å². The van der Waals surface area contributed by atoms with Gasteiger partial charge in [-0.3, -0.25) is 9.97 Å². The Balaban J connectivity index is 0.000000182. The van der Waals surface area contributed by atoms with Crippen LogP contribution in [0.2, 0.25) is 0 Å². The molecule has 8 nitrogen and oxygen atoms in total. The van der Waals surface area contributed by atoms with Crippen molar-refractivity contribution < 1.29 is 40.2 Å². The Morgan fingerprint density at radius 3 is 1.34 bits per heavy atom. The maximum absolute atomic E-state index is 4.65. The molecule has 0 bridgehead atoms. The molecule has 0 saturated carbocycles. The zero-order valence-electron chi connectivity index (χ0n) is 51.8. The van der Waals surface area contributed by atoms with Gasteiger partial charge in [0.25, 0.3) is 0 Å². The van der Waals surface area contributed by atoms with Crippen LogP contribution in [0.1, 0.15) is 181 Å². The molecule has 11 rings (SSSR count). The van der Waals surface area contributed by atoms with Crippen molar-refractivity contribution in [2.24, 2.45) is 0 Å². The molecular weight excluding hydrogens is 1370 g/mol. The Morgan fingerprint density at radius 1 is 0.494 bits per heavy atom. The molecule has 2 aromatic heterocycles. The van der Waals surface area contributed by atoms with Crippen molar-refractivity contribution in [2.75, 3.05) is 23.9 Å². The third kappa shape index (κ3) is 16.1. The molecule has 2 aliphatic heterocycles. The van der Waals surface area contributed by atoms with Crippen molar-refractivity contribution in [2.45, 2.75) is 152 Å². The first-order valence-corrected chi connectivity index (χ1v) is 29.3. The number of aryl methyl sites for hydroxylation is 3. The summed E-state index contributed by atoms with van der Waals surface area (Å²) in [6.45, 7) is 35.6. The Hall–Kier alpha value is -6.28. The normalized spacial score (nSPS) is 13.3. The summed E-state index contributed by atoms with van der Waals surface area (Å²) in [5.74, 6) is 4.70. The molecule has 6 aromatic carbocycles. The fourth-order valence-corrected chi connectivity index (χ4v) is 10.8. The van der Waals surface area contributed by atoms with Gasteiger partial charge in [0.1, 0.15) is 0 Å². The Labute approximate surface area is 526 Å². The third-order valence-electron chi connectivity index (χ3n) is 15.1. The Bertz CT molecular complexity index is 3170. The number of fused-ring (bicyclic) bond motifs is 1. The summed E-state index contributed by atoms with van der Waals surface area (Å²) in [6.07, 6.45) is 19.9. The molecule has 3 aliphatic rings. The maximum Gasteiger partial charge on any atom is 3.00 e. The van der Waals surface area contributed by atoms with E-state index in [4.69, 9.17) is 0 Å². The average molecular weight is 1460 g/mol. The van der Waals surface area contributed by atoms with E-state index < -0.39 is 0 Å². The van der Waals surface area contributed by atoms with Crippen LogP contribution in [0, 0.1) is 51.5 Å². The summed E-state index contributed by atoms with van der Waals surface area (Å²) in [6, 6.07) is 47.5. The van der Waals surface area contributed by atoms with Gasteiger partial charge in [-0.2, -0.15) is 60.4 Å². The summed E-state index contributed by atoms with van der Waals surface area (Å²) in [7, 11) is 4.05. The molecule has 0 spiro atoms. The summed E-state index contributed by atoms with van der Waals surface area (Å²) >= 11 is 0. The van der Waals surface area contributed by atoms with Crippen LogP contribution in [0.15, 0.2) is 147 Å². The average Bonchev–Trinajstić information content (AvgIpc) is 4.13. The molecule has 0 fully saturated rings. The molecule has 1 aliphatic carbocycles. The maximum atomic E-state index is 4.65. The van der Waals surface area contributed by atoms with Crippen LogP contribution in [-0.4, -0.2) is 43.0 Å². The van der Waals surface area contributed by atoms with Crippen LogP contribution in [0.25, 0.3) is 34.2 Å². The van der Waals surface area contributed by atoms with Gasteiger partial charge in [0.15, 0.2) is 0 Å². The second-order valence-electron chi connectivity index (χ2n) is 23.7. The molecule has 8 aromatic rings. The fourth-order valence-electron chi connectivity index (χ4n) is 10.8. The third-order valence-corrected chi connectivity index (χ3v) is 15.1. The summed E-state index contributed by atoms with van der Waals surface area (Å²) in [5.41, 5.74) is 20.7. The van der Waals surface area contributed by atoms with Gasteiger partial charge in [-0.25, -0.2) is 0 Å². The van der Waals surface area contributed by atoms with E-state index in [1.165, 1.54) is 92.0 Å². The number of benzene rings is 6. The minimum atomic E-state index is 0. The van der Waals surface area contributed by atoms with Gasteiger partial charge >= 0.3 is 40.2 Å². The number of rotatable bonds is 12. The monoisotopic (exact) mass is 1460 g/mol. The quantitative estimate of drug-likeness (QED) is 0.114. The minimum Gasteiger partial charge on any atom is -0.510 e. The van der Waals surface area contributed by atoms with E-state index in [2.05, 4.69) is 241 Å². The zero-order valence-corrected chi connectivity index (χ0v) is 56.6.